The van der Waals surface area contributed by atoms with Gasteiger partial charge in [0, 0.05) is 48.2 Å². The van der Waals surface area contributed by atoms with Crippen molar-refractivity contribution in [1.29, 1.82) is 0 Å². The maximum absolute atomic E-state index is 4.69. The number of anilines is 1. The molecule has 6 rings (SSSR count). The number of para-hydroxylation sites is 1. The molecule has 0 aliphatic carbocycles. The van der Waals surface area contributed by atoms with E-state index in [9.17, 15) is 0 Å². The van der Waals surface area contributed by atoms with Gasteiger partial charge in [-0.25, -0.2) is 4.98 Å². The van der Waals surface area contributed by atoms with Gasteiger partial charge in [-0.3, -0.25) is 0 Å². The van der Waals surface area contributed by atoms with Gasteiger partial charge in [0.25, 0.3) is 0 Å². The molecule has 0 radical (unpaired) electrons. The van der Waals surface area contributed by atoms with Crippen molar-refractivity contribution in [2.24, 2.45) is 0 Å². The number of H-pyrrole nitrogens is 1. The number of hydrogen-bond donors (Lipinski definition) is 2. The third-order valence-electron chi connectivity index (χ3n) is 7.01. The van der Waals surface area contributed by atoms with Crippen molar-refractivity contribution < 1.29 is 0 Å². The molecule has 2 aliphatic rings. The Morgan fingerprint density at radius 3 is 2.81 bits per heavy atom. The Bertz CT molecular complexity index is 1240. The average molecular weight is 409 g/mol. The minimum atomic E-state index is 0.454. The van der Waals surface area contributed by atoms with E-state index in [2.05, 4.69) is 75.6 Å². The highest BCUT2D eigenvalue weighted by Crippen LogP contribution is 2.37. The summed E-state index contributed by atoms with van der Waals surface area (Å²) < 4.78 is 0. The van der Waals surface area contributed by atoms with Crippen LogP contribution in [0.3, 0.4) is 0 Å². The van der Waals surface area contributed by atoms with Crippen LogP contribution in [0.5, 0.6) is 0 Å². The minimum absolute atomic E-state index is 0.454. The van der Waals surface area contributed by atoms with E-state index in [1.165, 1.54) is 57.3 Å². The fourth-order valence-corrected chi connectivity index (χ4v) is 5.28. The van der Waals surface area contributed by atoms with Gasteiger partial charge in [-0.15, -0.1) is 0 Å². The number of nitrogens with one attached hydrogen (secondary N) is 2. The monoisotopic (exact) mass is 408 g/mol. The number of benzene rings is 2. The summed E-state index contributed by atoms with van der Waals surface area (Å²) in [6, 6.07) is 18.4. The second-order valence-electron chi connectivity index (χ2n) is 8.95. The summed E-state index contributed by atoms with van der Waals surface area (Å²) in [7, 11) is 0. The number of pyridine rings is 1. The van der Waals surface area contributed by atoms with Gasteiger partial charge in [-0.2, -0.15) is 0 Å². The van der Waals surface area contributed by atoms with Gasteiger partial charge < -0.3 is 15.2 Å². The number of aryl methyl sites for hydroxylation is 1. The van der Waals surface area contributed by atoms with Gasteiger partial charge in [0.1, 0.15) is 5.65 Å². The molecule has 2 aromatic carbocycles. The lowest BCUT2D eigenvalue weighted by Crippen LogP contribution is -2.32. The van der Waals surface area contributed by atoms with Crippen LogP contribution in [0.15, 0.2) is 60.9 Å². The van der Waals surface area contributed by atoms with Crippen LogP contribution in [-0.4, -0.2) is 23.1 Å². The number of aromatic amines is 1. The summed E-state index contributed by atoms with van der Waals surface area (Å²) in [6.45, 7) is 5.30. The Labute approximate surface area is 183 Å². The molecule has 4 heteroatoms. The van der Waals surface area contributed by atoms with E-state index in [1.54, 1.807) is 0 Å². The van der Waals surface area contributed by atoms with Crippen molar-refractivity contribution in [3.05, 3.63) is 83.2 Å². The first kappa shape index (κ1) is 18.6. The second-order valence-corrected chi connectivity index (χ2v) is 8.95. The maximum atomic E-state index is 4.69. The fourth-order valence-electron chi connectivity index (χ4n) is 5.28. The van der Waals surface area contributed by atoms with Gasteiger partial charge in [0.2, 0.25) is 0 Å². The molecule has 1 fully saturated rings. The summed E-state index contributed by atoms with van der Waals surface area (Å²) in [5, 5.41) is 4.97. The third-order valence-corrected chi connectivity index (χ3v) is 7.01. The lowest BCUT2D eigenvalue weighted by Gasteiger charge is -2.34. The molecule has 0 saturated carbocycles. The molecule has 0 spiro atoms. The highest BCUT2D eigenvalue weighted by Gasteiger charge is 2.26. The zero-order chi connectivity index (χ0) is 20.8. The largest absolute Gasteiger partial charge is 0.367 e. The Kier molecular flexibility index (Phi) is 4.53. The maximum Gasteiger partial charge on any atom is 0.137 e. The molecule has 2 aromatic heterocycles. The van der Waals surface area contributed by atoms with Gasteiger partial charge in [0.05, 0.1) is 0 Å². The molecular weight excluding hydrogens is 380 g/mol. The van der Waals surface area contributed by atoms with Crippen LogP contribution in [0.2, 0.25) is 0 Å². The second kappa shape index (κ2) is 7.54. The number of nitrogens with zero attached hydrogens (tertiary/aromatic N) is 2. The van der Waals surface area contributed by atoms with E-state index in [-0.39, 0.29) is 0 Å². The van der Waals surface area contributed by atoms with E-state index < -0.39 is 0 Å². The molecule has 4 aromatic rings. The molecule has 0 amide bonds. The highest BCUT2D eigenvalue weighted by atomic mass is 15.1. The van der Waals surface area contributed by atoms with Crippen LogP contribution < -0.4 is 10.2 Å². The summed E-state index contributed by atoms with van der Waals surface area (Å²) >= 11 is 0. The van der Waals surface area contributed by atoms with Crippen LogP contribution >= 0.6 is 0 Å². The summed E-state index contributed by atoms with van der Waals surface area (Å²) in [5.41, 5.74) is 10.5. The van der Waals surface area contributed by atoms with E-state index >= 15 is 0 Å². The van der Waals surface area contributed by atoms with Crippen LogP contribution in [0.25, 0.3) is 22.2 Å². The van der Waals surface area contributed by atoms with Crippen molar-refractivity contribution in [2.75, 3.05) is 18.0 Å². The quantitative estimate of drug-likeness (QED) is 0.469. The number of hydrogen-bond acceptors (Lipinski definition) is 3. The standard InChI is InChI=1S/C27H28N4/c1-18-15-29-27-23(18)14-21(16-30-27)20-12-19-9-11-31(22-6-3-2-4-7-22)17-25(19)24(13-20)26-8-5-10-28-26/h2-4,6-7,12-16,26,28H,5,8-11,17H2,1H3,(H,29,30). The Morgan fingerprint density at radius 2 is 1.97 bits per heavy atom. The zero-order valence-electron chi connectivity index (χ0n) is 18.0. The smallest absolute Gasteiger partial charge is 0.137 e. The fraction of sp³-hybridized carbons (Fsp3) is 0.296. The predicted molar refractivity (Wildman–Crippen MR) is 127 cm³/mol. The van der Waals surface area contributed by atoms with Crippen molar-refractivity contribution in [3.63, 3.8) is 0 Å². The van der Waals surface area contributed by atoms with Crippen molar-refractivity contribution in [3.8, 4) is 11.1 Å². The lowest BCUT2D eigenvalue weighted by molar-refractivity contribution is 0.625. The van der Waals surface area contributed by atoms with Crippen LogP contribution in [-0.2, 0) is 13.0 Å². The average Bonchev–Trinajstić information content (AvgIpc) is 3.49. The Morgan fingerprint density at radius 1 is 1.06 bits per heavy atom. The molecular formula is C27H28N4. The van der Waals surface area contributed by atoms with Crippen molar-refractivity contribution >= 4 is 16.7 Å². The molecule has 0 bridgehead atoms. The van der Waals surface area contributed by atoms with Crippen molar-refractivity contribution in [1.82, 2.24) is 15.3 Å². The molecule has 4 heterocycles. The minimum Gasteiger partial charge on any atom is -0.367 e. The lowest BCUT2D eigenvalue weighted by atomic mass is 9.87. The van der Waals surface area contributed by atoms with Gasteiger partial charge >= 0.3 is 0 Å². The van der Waals surface area contributed by atoms with Crippen LogP contribution in [0.1, 0.15) is 41.1 Å². The van der Waals surface area contributed by atoms with E-state index in [4.69, 9.17) is 0 Å². The third kappa shape index (κ3) is 3.31. The van der Waals surface area contributed by atoms with E-state index in [0.29, 0.717) is 6.04 Å². The molecule has 1 saturated heterocycles. The van der Waals surface area contributed by atoms with Crippen LogP contribution in [0.4, 0.5) is 5.69 Å². The Balaban J connectivity index is 1.45. The predicted octanol–water partition coefficient (Wildman–Crippen LogP) is 5.53. The Hall–Kier alpha value is -3.11. The molecule has 156 valence electrons. The SMILES string of the molecule is Cc1c[nH]c2ncc(-c3cc4c(c(C5CCCN5)c3)CN(c3ccccc3)CC4)cc12. The summed E-state index contributed by atoms with van der Waals surface area (Å²) in [5.74, 6) is 0. The van der Waals surface area contributed by atoms with Crippen molar-refractivity contribution in [2.45, 2.75) is 38.8 Å². The normalized spacial score (nSPS) is 18.5. The van der Waals surface area contributed by atoms with Gasteiger partial charge in [-0.05, 0) is 84.8 Å². The molecule has 1 atom stereocenters. The van der Waals surface area contributed by atoms with Gasteiger partial charge in [-0.1, -0.05) is 24.3 Å². The number of fused-ring (bicyclic) bond motifs is 2. The molecule has 31 heavy (non-hydrogen) atoms. The van der Waals surface area contributed by atoms with E-state index in [1.807, 2.05) is 12.4 Å². The topological polar surface area (TPSA) is 44.0 Å². The molecule has 2 N–H and O–H groups in total. The first-order valence-corrected chi connectivity index (χ1v) is 11.4. The van der Waals surface area contributed by atoms with E-state index in [0.717, 1.165) is 31.7 Å². The highest BCUT2D eigenvalue weighted by molar-refractivity contribution is 5.84. The first-order valence-electron chi connectivity index (χ1n) is 11.4. The molecule has 1 unspecified atom stereocenters. The molecule has 2 aliphatic heterocycles. The number of aromatic nitrogens is 2. The van der Waals surface area contributed by atoms with Gasteiger partial charge in [0.15, 0.2) is 0 Å². The molecule has 4 nitrogen and oxygen atoms in total. The zero-order valence-corrected chi connectivity index (χ0v) is 18.0. The summed E-state index contributed by atoms with van der Waals surface area (Å²) in [6.07, 6.45) is 7.61. The summed E-state index contributed by atoms with van der Waals surface area (Å²) in [4.78, 5) is 10.5. The number of rotatable bonds is 3. The first-order chi connectivity index (χ1) is 15.3. The van der Waals surface area contributed by atoms with Crippen LogP contribution in [0, 0.1) is 6.92 Å².